The molecule has 1 aromatic rings. The Morgan fingerprint density at radius 3 is 2.90 bits per heavy atom. The first kappa shape index (κ1) is 15.4. The molecule has 4 nitrogen and oxygen atoms in total. The van der Waals surface area contributed by atoms with E-state index in [9.17, 15) is 5.11 Å². The zero-order chi connectivity index (χ0) is 14.5. The highest BCUT2D eigenvalue weighted by molar-refractivity contribution is 6.32. The first-order valence-electron chi connectivity index (χ1n) is 7.03. The van der Waals surface area contributed by atoms with Gasteiger partial charge in [0.05, 0.1) is 25.3 Å². The van der Waals surface area contributed by atoms with Crippen molar-refractivity contribution in [2.24, 2.45) is 0 Å². The average Bonchev–Trinajstić information content (AvgIpc) is 2.88. The molecular weight excluding hydrogens is 278 g/mol. The van der Waals surface area contributed by atoms with Crippen molar-refractivity contribution in [2.45, 2.75) is 32.4 Å². The van der Waals surface area contributed by atoms with Crippen molar-refractivity contribution < 1.29 is 14.6 Å². The van der Waals surface area contributed by atoms with Crippen molar-refractivity contribution in [3.05, 3.63) is 22.7 Å². The second kappa shape index (κ2) is 7.16. The summed E-state index contributed by atoms with van der Waals surface area (Å²) in [5, 5.41) is 9.94. The van der Waals surface area contributed by atoms with E-state index in [1.54, 1.807) is 7.11 Å². The molecule has 112 valence electrons. The number of nitrogens with zero attached hydrogens (tertiary/aromatic N) is 1. The summed E-state index contributed by atoms with van der Waals surface area (Å²) in [7, 11) is 1.62. The third kappa shape index (κ3) is 3.37. The minimum Gasteiger partial charge on any atom is -0.493 e. The fourth-order valence-electron chi connectivity index (χ4n) is 2.69. The Morgan fingerprint density at radius 1 is 1.45 bits per heavy atom. The Balaban J connectivity index is 2.18. The maximum Gasteiger partial charge on any atom is 0.179 e. The maximum absolute atomic E-state index is 9.37. The molecule has 1 aliphatic heterocycles. The SMILES string of the molecule is CCOc1c(Cl)cc(CN2CCC[C@H]2CO)cc1OC. The van der Waals surface area contributed by atoms with E-state index in [2.05, 4.69) is 4.90 Å². The molecular formula is C15H22ClNO3. The van der Waals surface area contributed by atoms with Crippen LogP contribution in [0.1, 0.15) is 25.3 Å². The lowest BCUT2D eigenvalue weighted by Gasteiger charge is -2.23. The number of hydrogen-bond acceptors (Lipinski definition) is 4. The molecule has 0 aliphatic carbocycles. The van der Waals surface area contributed by atoms with E-state index < -0.39 is 0 Å². The Morgan fingerprint density at radius 2 is 2.25 bits per heavy atom. The Kier molecular flexibility index (Phi) is 5.52. The zero-order valence-corrected chi connectivity index (χ0v) is 12.8. The van der Waals surface area contributed by atoms with Crippen molar-refractivity contribution in [2.75, 3.05) is 26.9 Å². The molecule has 0 spiro atoms. The smallest absolute Gasteiger partial charge is 0.179 e. The van der Waals surface area contributed by atoms with Gasteiger partial charge in [0, 0.05) is 12.6 Å². The fourth-order valence-corrected chi connectivity index (χ4v) is 2.98. The summed E-state index contributed by atoms with van der Waals surface area (Å²) < 4.78 is 10.9. The van der Waals surface area contributed by atoms with Crippen molar-refractivity contribution >= 4 is 11.6 Å². The molecule has 0 radical (unpaired) electrons. The Labute approximate surface area is 125 Å². The number of aliphatic hydroxyl groups excluding tert-OH is 1. The lowest BCUT2D eigenvalue weighted by atomic mass is 10.1. The normalized spacial score (nSPS) is 19.3. The van der Waals surface area contributed by atoms with Crippen molar-refractivity contribution in [3.63, 3.8) is 0 Å². The highest BCUT2D eigenvalue weighted by Crippen LogP contribution is 2.37. The molecule has 1 N–H and O–H groups in total. The second-order valence-electron chi connectivity index (χ2n) is 4.99. The van der Waals surface area contributed by atoms with Crippen molar-refractivity contribution in [1.82, 2.24) is 4.90 Å². The largest absolute Gasteiger partial charge is 0.493 e. The van der Waals surface area contributed by atoms with Crippen LogP contribution in [0.2, 0.25) is 5.02 Å². The maximum atomic E-state index is 9.37. The molecule has 1 atom stereocenters. The van der Waals surface area contributed by atoms with Crippen LogP contribution < -0.4 is 9.47 Å². The lowest BCUT2D eigenvalue weighted by molar-refractivity contribution is 0.153. The average molecular weight is 300 g/mol. The van der Waals surface area contributed by atoms with Crippen molar-refractivity contribution in [1.29, 1.82) is 0 Å². The predicted molar refractivity (Wildman–Crippen MR) is 79.7 cm³/mol. The van der Waals surface area contributed by atoms with Gasteiger partial charge in [0.1, 0.15) is 0 Å². The van der Waals surface area contributed by atoms with Gasteiger partial charge in [-0.25, -0.2) is 0 Å². The third-order valence-corrected chi connectivity index (χ3v) is 3.95. The van der Waals surface area contributed by atoms with Crippen LogP contribution in [0.25, 0.3) is 0 Å². The van der Waals surface area contributed by atoms with Gasteiger partial charge in [0.25, 0.3) is 0 Å². The first-order chi connectivity index (χ1) is 9.69. The van der Waals surface area contributed by atoms with Gasteiger partial charge in [-0.1, -0.05) is 11.6 Å². The van der Waals surface area contributed by atoms with E-state index in [0.29, 0.717) is 23.1 Å². The van der Waals surface area contributed by atoms with Gasteiger partial charge in [0.15, 0.2) is 11.5 Å². The van der Waals surface area contributed by atoms with Gasteiger partial charge in [-0.3, -0.25) is 4.90 Å². The quantitative estimate of drug-likeness (QED) is 0.877. The summed E-state index contributed by atoms with van der Waals surface area (Å²) in [6, 6.07) is 4.14. The minimum atomic E-state index is 0.210. The second-order valence-corrected chi connectivity index (χ2v) is 5.40. The van der Waals surface area contributed by atoms with Crippen molar-refractivity contribution in [3.8, 4) is 11.5 Å². The molecule has 5 heteroatoms. The third-order valence-electron chi connectivity index (χ3n) is 3.67. The monoisotopic (exact) mass is 299 g/mol. The summed E-state index contributed by atoms with van der Waals surface area (Å²) in [4.78, 5) is 2.28. The molecule has 0 bridgehead atoms. The Hall–Kier alpha value is -0.970. The van der Waals surface area contributed by atoms with E-state index in [1.165, 1.54) is 0 Å². The summed E-state index contributed by atoms with van der Waals surface area (Å²) >= 11 is 6.27. The molecule has 20 heavy (non-hydrogen) atoms. The van der Waals surface area contributed by atoms with E-state index in [1.807, 2.05) is 19.1 Å². The van der Waals surface area contributed by atoms with E-state index in [-0.39, 0.29) is 12.6 Å². The summed E-state index contributed by atoms with van der Waals surface area (Å²) in [6.45, 7) is 4.46. The summed E-state index contributed by atoms with van der Waals surface area (Å²) in [5.74, 6) is 1.26. The number of benzene rings is 1. The molecule has 0 amide bonds. The molecule has 1 saturated heterocycles. The number of aliphatic hydroxyl groups is 1. The van der Waals surface area contributed by atoms with Crippen LogP contribution >= 0.6 is 11.6 Å². The number of rotatable bonds is 6. The molecule has 1 fully saturated rings. The molecule has 2 rings (SSSR count). The van der Waals surface area contributed by atoms with E-state index >= 15 is 0 Å². The number of methoxy groups -OCH3 is 1. The molecule has 1 aliphatic rings. The van der Waals surface area contributed by atoms with Crippen LogP contribution in [-0.4, -0.2) is 42.9 Å². The summed E-state index contributed by atoms with van der Waals surface area (Å²) in [5.41, 5.74) is 1.08. The van der Waals surface area contributed by atoms with Gasteiger partial charge >= 0.3 is 0 Å². The first-order valence-corrected chi connectivity index (χ1v) is 7.41. The number of halogens is 1. The standard InChI is InChI=1S/C15H22ClNO3/c1-3-20-15-13(16)7-11(8-14(15)19-2)9-17-6-4-5-12(17)10-18/h7-8,12,18H,3-6,9-10H2,1-2H3/t12-/m0/s1. The van der Waals surface area contributed by atoms with E-state index in [0.717, 1.165) is 31.5 Å². The lowest BCUT2D eigenvalue weighted by Crippen LogP contribution is -2.31. The number of hydrogen-bond donors (Lipinski definition) is 1. The molecule has 0 saturated carbocycles. The number of ether oxygens (including phenoxy) is 2. The van der Waals surface area contributed by atoms with Crippen LogP contribution in [0.15, 0.2) is 12.1 Å². The van der Waals surface area contributed by atoms with Crippen LogP contribution in [0.5, 0.6) is 11.5 Å². The van der Waals surface area contributed by atoms with Gasteiger partial charge in [0.2, 0.25) is 0 Å². The molecule has 1 heterocycles. The highest BCUT2D eigenvalue weighted by atomic mass is 35.5. The fraction of sp³-hybridized carbons (Fsp3) is 0.600. The van der Waals surface area contributed by atoms with E-state index in [4.69, 9.17) is 21.1 Å². The Bertz CT molecular complexity index is 453. The molecule has 0 unspecified atom stereocenters. The summed E-state index contributed by atoms with van der Waals surface area (Å²) in [6.07, 6.45) is 2.19. The van der Waals surface area contributed by atoms with Crippen LogP contribution in [0.3, 0.4) is 0 Å². The van der Waals surface area contributed by atoms with Crippen LogP contribution in [0.4, 0.5) is 0 Å². The van der Waals surface area contributed by atoms with Gasteiger partial charge in [-0.2, -0.15) is 0 Å². The topological polar surface area (TPSA) is 41.9 Å². The zero-order valence-electron chi connectivity index (χ0n) is 12.1. The highest BCUT2D eigenvalue weighted by Gasteiger charge is 2.24. The van der Waals surface area contributed by atoms with Gasteiger partial charge in [-0.15, -0.1) is 0 Å². The van der Waals surface area contributed by atoms with Crippen LogP contribution in [0, 0.1) is 0 Å². The number of likely N-dealkylation sites (tertiary alicyclic amines) is 1. The van der Waals surface area contributed by atoms with Crippen LogP contribution in [-0.2, 0) is 6.54 Å². The van der Waals surface area contributed by atoms with Gasteiger partial charge in [-0.05, 0) is 44.0 Å². The molecule has 1 aromatic carbocycles. The minimum absolute atomic E-state index is 0.210. The predicted octanol–water partition coefficient (Wildman–Crippen LogP) is 2.70. The van der Waals surface area contributed by atoms with Gasteiger partial charge < -0.3 is 14.6 Å². The molecule has 0 aromatic heterocycles.